The van der Waals surface area contributed by atoms with Crippen LogP contribution in [0.1, 0.15) is 44.3 Å². The van der Waals surface area contributed by atoms with Crippen LogP contribution in [0.25, 0.3) is 11.3 Å². The van der Waals surface area contributed by atoms with E-state index >= 15 is 0 Å². The number of benzene rings is 4. The molecule has 44 heavy (non-hydrogen) atoms. The first-order chi connectivity index (χ1) is 21.4. The van der Waals surface area contributed by atoms with Gasteiger partial charge in [-0.15, -0.1) is 11.3 Å². The highest BCUT2D eigenvalue weighted by molar-refractivity contribution is 7.14. The second kappa shape index (κ2) is 11.3. The van der Waals surface area contributed by atoms with Crippen molar-refractivity contribution in [1.82, 2.24) is 4.98 Å². The maximum atomic E-state index is 13.1. The highest BCUT2D eigenvalue weighted by atomic mass is 35.5. The molecule has 0 spiro atoms. The molecule has 10 heteroatoms. The topological polar surface area (TPSA) is 84.3 Å². The van der Waals surface area contributed by atoms with Gasteiger partial charge in [-0.3, -0.25) is 9.59 Å². The summed E-state index contributed by atoms with van der Waals surface area (Å²) in [5, 5.41) is 10.3. The molecule has 0 saturated carbocycles. The van der Waals surface area contributed by atoms with Gasteiger partial charge in [0, 0.05) is 22.4 Å². The first kappa shape index (κ1) is 27.8. The molecule has 0 saturated heterocycles. The third-order valence-electron chi connectivity index (χ3n) is 7.76. The van der Waals surface area contributed by atoms with Crippen LogP contribution in [0.2, 0.25) is 5.02 Å². The van der Waals surface area contributed by atoms with E-state index in [0.717, 1.165) is 22.4 Å². The zero-order chi connectivity index (χ0) is 30.4. The molecule has 4 aromatic carbocycles. The Kier molecular flexibility index (Phi) is 7.12. The number of hydrazone groups is 1. The van der Waals surface area contributed by atoms with E-state index in [1.807, 2.05) is 71.1 Å². The number of halogens is 1. The van der Waals surface area contributed by atoms with Crippen LogP contribution in [0, 0.1) is 0 Å². The van der Waals surface area contributed by atoms with Crippen LogP contribution in [0.4, 0.5) is 10.8 Å². The highest BCUT2D eigenvalue weighted by Gasteiger charge is 2.37. The van der Waals surface area contributed by atoms with Gasteiger partial charge in [0.2, 0.25) is 5.13 Å². The molecule has 7 rings (SSSR count). The van der Waals surface area contributed by atoms with Crippen molar-refractivity contribution < 1.29 is 19.1 Å². The number of anilines is 2. The van der Waals surface area contributed by atoms with Crippen LogP contribution in [-0.4, -0.2) is 36.7 Å². The van der Waals surface area contributed by atoms with E-state index in [1.54, 1.807) is 44.6 Å². The van der Waals surface area contributed by atoms with Crippen LogP contribution < -0.4 is 19.4 Å². The molecule has 8 nitrogen and oxygen atoms in total. The Bertz CT molecular complexity index is 1920. The predicted molar refractivity (Wildman–Crippen MR) is 173 cm³/mol. The standard InChI is InChI=1S/C34H25ClN4O4S/c1-42-30-15-12-22(17-31(30)43-2)29-18-27(20-10-13-23(35)14-11-20)37-39(29)34-36-28(19-44-34)21-6-5-7-24(16-21)38-32(40)25-8-3-4-9-26(25)33(38)41/h3-17,19,29H,18H2,1-2H3. The SMILES string of the molecule is COc1ccc(C2CC(c3ccc(Cl)cc3)=NN2c2nc(-c3cccc(N4C(=O)c5ccccc5C4=O)c3)cs2)cc1OC. The number of nitrogens with zero attached hydrogens (tertiary/aromatic N) is 4. The third kappa shape index (κ3) is 4.80. The van der Waals surface area contributed by atoms with Crippen LogP contribution in [0.3, 0.4) is 0 Å². The molecule has 0 radical (unpaired) electrons. The number of imide groups is 1. The lowest BCUT2D eigenvalue weighted by Crippen LogP contribution is -2.29. The Labute approximate surface area is 262 Å². The number of amides is 2. The molecule has 2 aliphatic heterocycles. The lowest BCUT2D eigenvalue weighted by atomic mass is 9.98. The van der Waals surface area contributed by atoms with Gasteiger partial charge < -0.3 is 9.47 Å². The van der Waals surface area contributed by atoms with Crippen molar-refractivity contribution in [3.8, 4) is 22.8 Å². The van der Waals surface area contributed by atoms with Gasteiger partial charge in [-0.2, -0.15) is 5.10 Å². The Morgan fingerprint density at radius 2 is 1.55 bits per heavy atom. The van der Waals surface area contributed by atoms with Crippen molar-refractivity contribution >= 4 is 51.3 Å². The van der Waals surface area contributed by atoms with E-state index in [1.165, 1.54) is 16.2 Å². The second-order valence-electron chi connectivity index (χ2n) is 10.3. The molecule has 218 valence electrons. The van der Waals surface area contributed by atoms with Gasteiger partial charge in [0.05, 0.1) is 48.5 Å². The van der Waals surface area contributed by atoms with E-state index < -0.39 is 0 Å². The van der Waals surface area contributed by atoms with E-state index in [9.17, 15) is 9.59 Å². The van der Waals surface area contributed by atoms with E-state index in [-0.39, 0.29) is 17.9 Å². The summed E-state index contributed by atoms with van der Waals surface area (Å²) in [5.74, 6) is 0.616. The Morgan fingerprint density at radius 3 is 2.25 bits per heavy atom. The summed E-state index contributed by atoms with van der Waals surface area (Å²) in [5.41, 5.74) is 5.69. The lowest BCUT2D eigenvalue weighted by molar-refractivity contribution is 0.0926. The van der Waals surface area contributed by atoms with Crippen molar-refractivity contribution in [2.24, 2.45) is 5.10 Å². The largest absolute Gasteiger partial charge is 0.493 e. The summed E-state index contributed by atoms with van der Waals surface area (Å²) < 4.78 is 11.1. The molecule has 5 aromatic rings. The van der Waals surface area contributed by atoms with Crippen LogP contribution in [0.5, 0.6) is 11.5 Å². The highest BCUT2D eigenvalue weighted by Crippen LogP contribution is 2.42. The fourth-order valence-electron chi connectivity index (χ4n) is 5.55. The molecule has 0 bridgehead atoms. The van der Waals surface area contributed by atoms with Gasteiger partial charge in [-0.1, -0.05) is 54.1 Å². The first-order valence-electron chi connectivity index (χ1n) is 13.8. The van der Waals surface area contributed by atoms with Gasteiger partial charge in [-0.25, -0.2) is 14.9 Å². The number of carbonyl (C=O) groups excluding carboxylic acids is 2. The first-order valence-corrected chi connectivity index (χ1v) is 15.1. The zero-order valence-electron chi connectivity index (χ0n) is 23.7. The van der Waals surface area contributed by atoms with Gasteiger partial charge in [0.25, 0.3) is 11.8 Å². The average molecular weight is 621 g/mol. The number of aromatic nitrogens is 1. The summed E-state index contributed by atoms with van der Waals surface area (Å²) >= 11 is 7.63. The number of thiazole rings is 1. The number of methoxy groups -OCH3 is 2. The normalized spacial score (nSPS) is 15.9. The van der Waals surface area contributed by atoms with Crippen molar-refractivity contribution in [2.75, 3.05) is 24.1 Å². The molecule has 1 unspecified atom stereocenters. The Balaban J connectivity index is 1.24. The monoisotopic (exact) mass is 620 g/mol. The maximum Gasteiger partial charge on any atom is 0.266 e. The molecule has 2 amide bonds. The Hall–Kier alpha value is -4.99. The zero-order valence-corrected chi connectivity index (χ0v) is 25.3. The average Bonchev–Trinajstić information content (AvgIpc) is 3.78. The summed E-state index contributed by atoms with van der Waals surface area (Å²) in [6, 6.07) is 27.6. The minimum Gasteiger partial charge on any atom is -0.493 e. The fourth-order valence-corrected chi connectivity index (χ4v) is 6.51. The lowest BCUT2D eigenvalue weighted by Gasteiger charge is -2.22. The number of hydrogen-bond acceptors (Lipinski definition) is 8. The molecular weight excluding hydrogens is 596 g/mol. The number of hydrogen-bond donors (Lipinski definition) is 0. The van der Waals surface area contributed by atoms with Crippen molar-refractivity contribution in [2.45, 2.75) is 12.5 Å². The predicted octanol–water partition coefficient (Wildman–Crippen LogP) is 7.64. The van der Waals surface area contributed by atoms with Crippen LogP contribution in [-0.2, 0) is 0 Å². The van der Waals surface area contributed by atoms with Gasteiger partial charge in [0.1, 0.15) is 0 Å². The maximum absolute atomic E-state index is 13.1. The molecule has 0 N–H and O–H groups in total. The molecule has 3 heterocycles. The van der Waals surface area contributed by atoms with E-state index in [2.05, 4.69) is 0 Å². The van der Waals surface area contributed by atoms with Gasteiger partial charge in [-0.05, 0) is 59.7 Å². The molecule has 2 aliphatic rings. The molecular formula is C34H25ClN4O4S. The van der Waals surface area contributed by atoms with Crippen molar-refractivity contribution in [3.05, 3.63) is 124 Å². The van der Waals surface area contributed by atoms with Crippen LogP contribution >= 0.6 is 22.9 Å². The Morgan fingerprint density at radius 1 is 0.818 bits per heavy atom. The number of fused-ring (bicyclic) bond motifs is 1. The smallest absolute Gasteiger partial charge is 0.266 e. The van der Waals surface area contributed by atoms with Gasteiger partial charge in [0.15, 0.2) is 11.5 Å². The van der Waals surface area contributed by atoms with Crippen molar-refractivity contribution in [1.29, 1.82) is 0 Å². The van der Waals surface area contributed by atoms with Crippen molar-refractivity contribution in [3.63, 3.8) is 0 Å². The summed E-state index contributed by atoms with van der Waals surface area (Å²) in [6.45, 7) is 0. The van der Waals surface area contributed by atoms with E-state index in [4.69, 9.17) is 31.2 Å². The summed E-state index contributed by atoms with van der Waals surface area (Å²) in [6.07, 6.45) is 0.640. The third-order valence-corrected chi connectivity index (χ3v) is 8.84. The molecule has 1 atom stereocenters. The molecule has 0 fully saturated rings. The summed E-state index contributed by atoms with van der Waals surface area (Å²) in [7, 11) is 3.23. The number of carbonyl (C=O) groups is 2. The molecule has 0 aliphatic carbocycles. The quantitative estimate of drug-likeness (QED) is 0.174. The minimum absolute atomic E-state index is 0.149. The minimum atomic E-state index is -0.333. The second-order valence-corrected chi connectivity index (χ2v) is 11.6. The fraction of sp³-hybridized carbons (Fsp3) is 0.118. The molecule has 1 aromatic heterocycles. The van der Waals surface area contributed by atoms with Gasteiger partial charge >= 0.3 is 0 Å². The number of rotatable bonds is 7. The summed E-state index contributed by atoms with van der Waals surface area (Å²) in [4.78, 5) is 32.4. The number of ether oxygens (including phenoxy) is 2. The van der Waals surface area contributed by atoms with E-state index in [0.29, 0.717) is 50.6 Å². The van der Waals surface area contributed by atoms with Crippen LogP contribution in [0.15, 0.2) is 101 Å².